The lowest BCUT2D eigenvalue weighted by atomic mass is 9.72. The summed E-state index contributed by atoms with van der Waals surface area (Å²) in [5.74, 6) is -0.942. The van der Waals surface area contributed by atoms with Gasteiger partial charge in [-0.3, -0.25) is 4.90 Å². The summed E-state index contributed by atoms with van der Waals surface area (Å²) < 4.78 is 12.0. The van der Waals surface area contributed by atoms with Gasteiger partial charge in [-0.1, -0.05) is 20.8 Å². The zero-order valence-electron chi connectivity index (χ0n) is 18.9. The first kappa shape index (κ1) is 23.2. The summed E-state index contributed by atoms with van der Waals surface area (Å²) in [6.07, 6.45) is 3.89. The van der Waals surface area contributed by atoms with Crippen molar-refractivity contribution in [1.82, 2.24) is 4.90 Å². The number of carbonyl (C=O) groups is 2. The summed E-state index contributed by atoms with van der Waals surface area (Å²) in [5, 5.41) is 9.85. The summed E-state index contributed by atoms with van der Waals surface area (Å²) >= 11 is 0. The minimum Gasteiger partial charge on any atom is -0.480 e. The topological polar surface area (TPSA) is 76.1 Å². The molecule has 0 aromatic rings. The quantitative estimate of drug-likeness (QED) is 0.657. The average molecular weight is 414 g/mol. The van der Waals surface area contributed by atoms with Crippen molar-refractivity contribution in [3.05, 3.63) is 0 Å². The van der Waals surface area contributed by atoms with Gasteiger partial charge in [0, 0.05) is 12.6 Å². The molecule has 1 saturated heterocycles. The third-order valence-electron chi connectivity index (χ3n) is 6.68. The number of likely N-dealkylation sites (tertiary alicyclic amines) is 1. The predicted molar refractivity (Wildman–Crippen MR) is 112 cm³/mol. The molecular formula is C21H39NO5Si. The molecule has 162 valence electrons. The molecule has 0 bridgehead atoms. The van der Waals surface area contributed by atoms with E-state index >= 15 is 0 Å². The van der Waals surface area contributed by atoms with Gasteiger partial charge in [-0.05, 0) is 76.4 Å². The zero-order valence-corrected chi connectivity index (χ0v) is 19.9. The van der Waals surface area contributed by atoms with E-state index in [1.54, 1.807) is 20.8 Å². The Hall–Kier alpha value is -1.08. The van der Waals surface area contributed by atoms with E-state index in [1.165, 1.54) is 4.90 Å². The molecular weight excluding hydrogens is 374 g/mol. The maximum Gasteiger partial charge on any atom is 0.411 e. The molecule has 1 unspecified atom stereocenters. The van der Waals surface area contributed by atoms with E-state index in [2.05, 4.69) is 33.9 Å². The van der Waals surface area contributed by atoms with Crippen LogP contribution in [0, 0.1) is 5.41 Å². The van der Waals surface area contributed by atoms with E-state index in [-0.39, 0.29) is 16.6 Å². The molecule has 0 aromatic carbocycles. The van der Waals surface area contributed by atoms with Gasteiger partial charge in [0.25, 0.3) is 0 Å². The molecule has 0 radical (unpaired) electrons. The smallest absolute Gasteiger partial charge is 0.411 e. The molecule has 1 atom stereocenters. The van der Waals surface area contributed by atoms with E-state index in [1.807, 2.05) is 0 Å². The summed E-state index contributed by atoms with van der Waals surface area (Å²) in [7, 11) is -1.81. The highest BCUT2D eigenvalue weighted by Crippen LogP contribution is 2.48. The Morgan fingerprint density at radius 1 is 1.07 bits per heavy atom. The number of amides is 1. The molecule has 1 amide bonds. The second-order valence-electron chi connectivity index (χ2n) is 11.2. The van der Waals surface area contributed by atoms with E-state index in [4.69, 9.17) is 9.16 Å². The monoisotopic (exact) mass is 413 g/mol. The molecule has 1 N–H and O–H groups in total. The summed E-state index contributed by atoms with van der Waals surface area (Å²) in [6, 6.07) is -0.798. The normalized spacial score (nSPS) is 29.2. The molecule has 6 nitrogen and oxygen atoms in total. The fourth-order valence-electron chi connectivity index (χ4n) is 4.07. The number of aliphatic carboxylic acids is 1. The van der Waals surface area contributed by atoms with Crippen LogP contribution in [0.4, 0.5) is 4.79 Å². The average Bonchev–Trinajstić information content (AvgIpc) is 2.87. The fraction of sp³-hybridized carbons (Fsp3) is 0.905. The number of rotatable bonds is 3. The van der Waals surface area contributed by atoms with E-state index in [9.17, 15) is 14.7 Å². The molecule has 2 fully saturated rings. The predicted octanol–water partition coefficient (Wildman–Crippen LogP) is 5.03. The second kappa shape index (κ2) is 7.63. The van der Waals surface area contributed by atoms with Crippen molar-refractivity contribution in [2.75, 3.05) is 6.54 Å². The minimum atomic E-state index is -1.81. The summed E-state index contributed by atoms with van der Waals surface area (Å²) in [5.41, 5.74) is -0.766. The Morgan fingerprint density at radius 3 is 2.04 bits per heavy atom. The van der Waals surface area contributed by atoms with Gasteiger partial charge in [-0.15, -0.1) is 0 Å². The zero-order chi connectivity index (χ0) is 21.5. The van der Waals surface area contributed by atoms with Gasteiger partial charge in [0.15, 0.2) is 8.32 Å². The van der Waals surface area contributed by atoms with Gasteiger partial charge in [-0.2, -0.15) is 0 Å². The van der Waals surface area contributed by atoms with Gasteiger partial charge in [-0.25, -0.2) is 9.59 Å². The molecule has 0 aromatic heterocycles. The van der Waals surface area contributed by atoms with Gasteiger partial charge >= 0.3 is 12.1 Å². The van der Waals surface area contributed by atoms with Crippen LogP contribution < -0.4 is 0 Å². The van der Waals surface area contributed by atoms with Crippen LogP contribution in [0.5, 0.6) is 0 Å². The molecule has 1 aliphatic carbocycles. The van der Waals surface area contributed by atoms with Gasteiger partial charge in [0.1, 0.15) is 11.6 Å². The number of ether oxygens (including phenoxy) is 1. The standard InChI is InChI=1S/C21H39NO5Si/c1-19(2,3)26-18(25)22-14-21(13-16(22)17(23)24)11-9-15(10-12-21)27-28(7,8)20(4,5)6/h15-16H,9-14H2,1-8H3,(H,23,24). The first-order chi connectivity index (χ1) is 12.6. The number of nitrogens with zero attached hydrogens (tertiary/aromatic N) is 1. The van der Waals surface area contributed by atoms with E-state index in [0.29, 0.717) is 13.0 Å². The molecule has 7 heteroatoms. The van der Waals surface area contributed by atoms with Crippen LogP contribution >= 0.6 is 0 Å². The number of hydrogen-bond acceptors (Lipinski definition) is 4. The highest BCUT2D eigenvalue weighted by molar-refractivity contribution is 6.74. The Bertz CT molecular complexity index is 597. The van der Waals surface area contributed by atoms with Crippen LogP contribution in [0.1, 0.15) is 73.6 Å². The number of carboxylic acids is 1. The minimum absolute atomic E-state index is 0.132. The van der Waals surface area contributed by atoms with Crippen LogP contribution in [0.2, 0.25) is 18.1 Å². The van der Waals surface area contributed by atoms with Gasteiger partial charge in [0.2, 0.25) is 0 Å². The molecule has 1 saturated carbocycles. The van der Waals surface area contributed by atoms with Crippen LogP contribution in [0.3, 0.4) is 0 Å². The Kier molecular flexibility index (Phi) is 6.32. The highest BCUT2D eigenvalue weighted by atomic mass is 28.4. The maximum atomic E-state index is 12.6. The van der Waals surface area contributed by atoms with E-state index in [0.717, 1.165) is 25.7 Å². The third-order valence-corrected chi connectivity index (χ3v) is 11.2. The van der Waals surface area contributed by atoms with E-state index < -0.39 is 32.0 Å². The van der Waals surface area contributed by atoms with Crippen molar-refractivity contribution in [1.29, 1.82) is 0 Å². The first-order valence-electron chi connectivity index (χ1n) is 10.5. The maximum absolute atomic E-state index is 12.6. The highest BCUT2D eigenvalue weighted by Gasteiger charge is 2.51. The van der Waals surface area contributed by atoms with Crippen molar-refractivity contribution < 1.29 is 23.9 Å². The Labute approximate surface area is 171 Å². The lowest BCUT2D eigenvalue weighted by Crippen LogP contribution is -2.46. The number of carboxylic acid groups (broad SMARTS) is 1. The Morgan fingerprint density at radius 2 is 1.61 bits per heavy atom. The number of hydrogen-bond donors (Lipinski definition) is 1. The van der Waals surface area contributed by atoms with Crippen molar-refractivity contribution in [3.63, 3.8) is 0 Å². The van der Waals surface area contributed by atoms with Crippen molar-refractivity contribution in [2.24, 2.45) is 5.41 Å². The molecule has 2 aliphatic rings. The van der Waals surface area contributed by atoms with Gasteiger partial charge < -0.3 is 14.3 Å². The van der Waals surface area contributed by atoms with Crippen LogP contribution in [0.15, 0.2) is 0 Å². The van der Waals surface area contributed by atoms with Crippen molar-refractivity contribution in [2.45, 2.75) is 110 Å². The SMILES string of the molecule is CC(C)(C)OC(=O)N1CC2(CCC(O[Si](C)(C)C(C)(C)C)CC2)CC1C(=O)O. The van der Waals surface area contributed by atoms with Gasteiger partial charge in [0.05, 0.1) is 0 Å². The molecule has 1 heterocycles. The first-order valence-corrected chi connectivity index (χ1v) is 13.4. The molecule has 2 rings (SSSR count). The van der Waals surface area contributed by atoms with Crippen molar-refractivity contribution in [3.8, 4) is 0 Å². The van der Waals surface area contributed by atoms with Crippen LogP contribution in [-0.4, -0.2) is 54.7 Å². The lowest BCUT2D eigenvalue weighted by molar-refractivity contribution is -0.142. The lowest BCUT2D eigenvalue weighted by Gasteiger charge is -2.43. The van der Waals surface area contributed by atoms with Crippen LogP contribution in [0.25, 0.3) is 0 Å². The molecule has 28 heavy (non-hydrogen) atoms. The van der Waals surface area contributed by atoms with Crippen LogP contribution in [-0.2, 0) is 14.0 Å². The summed E-state index contributed by atoms with van der Waals surface area (Å²) in [6.45, 7) is 17.2. The molecule has 1 spiro atoms. The second-order valence-corrected chi connectivity index (χ2v) is 16.0. The summed E-state index contributed by atoms with van der Waals surface area (Å²) in [4.78, 5) is 25.8. The Balaban J connectivity index is 2.04. The van der Waals surface area contributed by atoms with Crippen molar-refractivity contribution >= 4 is 20.4 Å². The fourth-order valence-corrected chi connectivity index (χ4v) is 5.49. The number of carbonyl (C=O) groups excluding carboxylic acids is 1. The largest absolute Gasteiger partial charge is 0.480 e. The molecule has 1 aliphatic heterocycles. The third kappa shape index (κ3) is 5.29.